The van der Waals surface area contributed by atoms with Crippen molar-refractivity contribution in [3.05, 3.63) is 84.4 Å². The van der Waals surface area contributed by atoms with Crippen molar-refractivity contribution in [1.29, 1.82) is 0 Å². The molecule has 0 saturated heterocycles. The Morgan fingerprint density at radius 3 is 2.26 bits per heavy atom. The molecule has 0 bridgehead atoms. The molecule has 31 heavy (non-hydrogen) atoms. The lowest BCUT2D eigenvalue weighted by Crippen LogP contribution is -2.23. The molecule has 1 heterocycles. The summed E-state index contributed by atoms with van der Waals surface area (Å²) in [4.78, 5) is 7.08. The highest BCUT2D eigenvalue weighted by molar-refractivity contribution is 7.80. The zero-order chi connectivity index (χ0) is 21.6. The number of hydrogen-bond acceptors (Lipinski definition) is 3. The molecule has 2 N–H and O–H groups in total. The van der Waals surface area contributed by atoms with Gasteiger partial charge in [-0.15, -0.1) is 0 Å². The van der Waals surface area contributed by atoms with Crippen LogP contribution in [0.3, 0.4) is 0 Å². The number of thiocarbonyl (C=S) groups is 1. The average molecular weight is 430 g/mol. The minimum atomic E-state index is 0.514. The Hall–Kier alpha value is -3.38. The maximum Gasteiger partial charge on any atom is 0.210 e. The minimum absolute atomic E-state index is 0.514. The van der Waals surface area contributed by atoms with Gasteiger partial charge in [0, 0.05) is 24.5 Å². The third-order valence-corrected chi connectivity index (χ3v) is 5.52. The smallest absolute Gasteiger partial charge is 0.210 e. The van der Waals surface area contributed by atoms with Crippen molar-refractivity contribution in [2.75, 3.05) is 28.6 Å². The van der Waals surface area contributed by atoms with Crippen LogP contribution in [-0.4, -0.2) is 27.8 Å². The van der Waals surface area contributed by atoms with E-state index in [2.05, 4.69) is 88.5 Å². The summed E-state index contributed by atoms with van der Waals surface area (Å²) < 4.78 is 2.15. The molecule has 0 amide bonds. The molecule has 0 spiro atoms. The van der Waals surface area contributed by atoms with Crippen molar-refractivity contribution < 1.29 is 0 Å². The topological polar surface area (TPSA) is 45.1 Å². The van der Waals surface area contributed by atoms with E-state index in [1.165, 1.54) is 11.3 Å². The summed E-state index contributed by atoms with van der Waals surface area (Å²) in [5, 5.41) is 7.08. The van der Waals surface area contributed by atoms with Gasteiger partial charge in [0.2, 0.25) is 5.95 Å². The van der Waals surface area contributed by atoms with E-state index in [0.717, 1.165) is 35.8 Å². The van der Waals surface area contributed by atoms with Crippen LogP contribution in [0.1, 0.15) is 19.4 Å². The molecule has 0 unspecified atom stereocenters. The minimum Gasteiger partial charge on any atom is -0.372 e. The standard InChI is InChI=1S/C25H27N5S/c1-3-29(4-2)21-16-14-20(15-17-21)26-25(31)28-24-27-22-12-8-9-13-23(22)30(24)18-19-10-6-5-7-11-19/h5-17H,3-4,18H2,1-2H3,(H2,26,27,28,31). The number of imidazole rings is 1. The van der Waals surface area contributed by atoms with Crippen molar-refractivity contribution >= 4 is 45.7 Å². The second-order valence-corrected chi connectivity index (χ2v) is 7.70. The highest BCUT2D eigenvalue weighted by atomic mass is 32.1. The van der Waals surface area contributed by atoms with Crippen LogP contribution in [-0.2, 0) is 6.54 Å². The van der Waals surface area contributed by atoms with E-state index in [0.29, 0.717) is 11.7 Å². The van der Waals surface area contributed by atoms with Crippen LogP contribution in [0, 0.1) is 0 Å². The van der Waals surface area contributed by atoms with Crippen LogP contribution in [0.4, 0.5) is 17.3 Å². The molecule has 0 aliphatic rings. The second kappa shape index (κ2) is 9.62. The van der Waals surface area contributed by atoms with Crippen LogP contribution >= 0.6 is 12.2 Å². The van der Waals surface area contributed by atoms with E-state index < -0.39 is 0 Å². The number of rotatable bonds is 7. The van der Waals surface area contributed by atoms with Crippen LogP contribution in [0.5, 0.6) is 0 Å². The van der Waals surface area contributed by atoms with E-state index in [9.17, 15) is 0 Å². The van der Waals surface area contributed by atoms with Crippen molar-refractivity contribution in [3.63, 3.8) is 0 Å². The van der Waals surface area contributed by atoms with Gasteiger partial charge in [0.05, 0.1) is 17.6 Å². The number of fused-ring (bicyclic) bond motifs is 1. The first-order valence-electron chi connectivity index (χ1n) is 10.6. The molecule has 0 radical (unpaired) electrons. The maximum absolute atomic E-state index is 5.59. The molecule has 0 aliphatic heterocycles. The summed E-state index contributed by atoms with van der Waals surface area (Å²) in [5.41, 5.74) is 5.37. The van der Waals surface area contributed by atoms with Crippen molar-refractivity contribution in [2.24, 2.45) is 0 Å². The van der Waals surface area contributed by atoms with Crippen molar-refractivity contribution in [3.8, 4) is 0 Å². The lowest BCUT2D eigenvalue weighted by molar-refractivity contribution is 0.837. The Morgan fingerprint density at radius 2 is 1.55 bits per heavy atom. The number of nitrogens with one attached hydrogen (secondary N) is 2. The van der Waals surface area contributed by atoms with E-state index >= 15 is 0 Å². The van der Waals surface area contributed by atoms with E-state index in [-0.39, 0.29) is 0 Å². The van der Waals surface area contributed by atoms with Crippen molar-refractivity contribution in [1.82, 2.24) is 9.55 Å². The van der Waals surface area contributed by atoms with Gasteiger partial charge in [-0.25, -0.2) is 4.98 Å². The molecule has 4 rings (SSSR count). The van der Waals surface area contributed by atoms with Gasteiger partial charge in [0.1, 0.15) is 0 Å². The highest BCUT2D eigenvalue weighted by Gasteiger charge is 2.12. The van der Waals surface area contributed by atoms with Gasteiger partial charge in [-0.1, -0.05) is 42.5 Å². The van der Waals surface area contributed by atoms with Crippen molar-refractivity contribution in [2.45, 2.75) is 20.4 Å². The maximum atomic E-state index is 5.59. The number of aromatic nitrogens is 2. The Balaban J connectivity index is 1.53. The monoisotopic (exact) mass is 429 g/mol. The van der Waals surface area contributed by atoms with E-state index in [1.54, 1.807) is 0 Å². The molecule has 0 saturated carbocycles. The SMILES string of the molecule is CCN(CC)c1ccc(NC(=S)Nc2nc3ccccc3n2Cc2ccccc2)cc1. The Morgan fingerprint density at radius 1 is 0.871 bits per heavy atom. The quantitative estimate of drug-likeness (QED) is 0.367. The Labute approximate surface area is 188 Å². The summed E-state index contributed by atoms with van der Waals surface area (Å²) in [6, 6.07) is 26.8. The molecular weight excluding hydrogens is 402 g/mol. The van der Waals surface area contributed by atoms with Gasteiger partial charge in [-0.2, -0.15) is 0 Å². The van der Waals surface area contributed by atoms with Crippen LogP contribution in [0.15, 0.2) is 78.9 Å². The molecule has 0 fully saturated rings. The van der Waals surface area contributed by atoms with Crippen LogP contribution < -0.4 is 15.5 Å². The Bertz CT molecular complexity index is 1150. The fraction of sp³-hybridized carbons (Fsp3) is 0.200. The lowest BCUT2D eigenvalue weighted by Gasteiger charge is -2.21. The average Bonchev–Trinajstić information content (AvgIpc) is 3.13. The predicted octanol–water partition coefficient (Wildman–Crippen LogP) is 5.74. The van der Waals surface area contributed by atoms with Gasteiger partial charge in [0.25, 0.3) is 0 Å². The van der Waals surface area contributed by atoms with Gasteiger partial charge < -0.3 is 20.1 Å². The van der Waals surface area contributed by atoms with E-state index in [1.807, 2.05) is 24.3 Å². The summed E-state index contributed by atoms with van der Waals surface area (Å²) in [6.45, 7) is 7.01. The molecule has 5 nitrogen and oxygen atoms in total. The first-order valence-corrected chi connectivity index (χ1v) is 11.0. The van der Waals surface area contributed by atoms with Crippen LogP contribution in [0.2, 0.25) is 0 Å². The number of anilines is 3. The largest absolute Gasteiger partial charge is 0.372 e. The summed E-state index contributed by atoms with van der Waals surface area (Å²) >= 11 is 5.59. The Kier molecular flexibility index (Phi) is 6.48. The predicted molar refractivity (Wildman–Crippen MR) is 135 cm³/mol. The molecule has 3 aromatic carbocycles. The number of para-hydroxylation sites is 2. The van der Waals surface area contributed by atoms with Gasteiger partial charge in [-0.05, 0) is 68.0 Å². The summed E-state index contributed by atoms with van der Waals surface area (Å²) in [7, 11) is 0. The molecule has 4 aromatic rings. The molecule has 158 valence electrons. The second-order valence-electron chi connectivity index (χ2n) is 7.29. The normalized spacial score (nSPS) is 10.8. The fourth-order valence-corrected chi connectivity index (χ4v) is 3.91. The third kappa shape index (κ3) is 4.86. The molecule has 6 heteroatoms. The molecule has 1 aromatic heterocycles. The lowest BCUT2D eigenvalue weighted by atomic mass is 10.2. The molecule has 0 atom stereocenters. The molecule has 0 aliphatic carbocycles. The molecular formula is C25H27N5S. The first-order chi connectivity index (χ1) is 15.2. The highest BCUT2D eigenvalue weighted by Crippen LogP contribution is 2.22. The number of benzene rings is 3. The van der Waals surface area contributed by atoms with Gasteiger partial charge in [0.15, 0.2) is 5.11 Å². The summed E-state index contributed by atoms with van der Waals surface area (Å²) in [5.74, 6) is 0.724. The first kappa shape index (κ1) is 20.9. The zero-order valence-corrected chi connectivity index (χ0v) is 18.7. The van der Waals surface area contributed by atoms with E-state index in [4.69, 9.17) is 17.2 Å². The number of hydrogen-bond donors (Lipinski definition) is 2. The fourth-order valence-electron chi connectivity index (χ4n) is 3.71. The zero-order valence-electron chi connectivity index (χ0n) is 17.9. The van der Waals surface area contributed by atoms with Crippen LogP contribution in [0.25, 0.3) is 11.0 Å². The van der Waals surface area contributed by atoms with Gasteiger partial charge >= 0.3 is 0 Å². The summed E-state index contributed by atoms with van der Waals surface area (Å²) in [6.07, 6.45) is 0. The third-order valence-electron chi connectivity index (χ3n) is 5.32. The van der Waals surface area contributed by atoms with Gasteiger partial charge in [-0.3, -0.25) is 0 Å². The number of nitrogens with zero attached hydrogens (tertiary/aromatic N) is 3.